The van der Waals surface area contributed by atoms with Crippen LogP contribution in [0.1, 0.15) is 49.8 Å². The quantitative estimate of drug-likeness (QED) is 0.269. The number of nitriles is 1. The number of ether oxygens (including phenoxy) is 2. The topological polar surface area (TPSA) is 159 Å². The van der Waals surface area contributed by atoms with E-state index in [1.54, 1.807) is 49.4 Å². The van der Waals surface area contributed by atoms with Gasteiger partial charge in [0, 0.05) is 19.2 Å². The van der Waals surface area contributed by atoms with E-state index in [1.165, 1.54) is 14.2 Å². The molecule has 0 radical (unpaired) electrons. The summed E-state index contributed by atoms with van der Waals surface area (Å²) in [4.78, 5) is 50.7. The van der Waals surface area contributed by atoms with Gasteiger partial charge in [-0.3, -0.25) is 14.4 Å². The number of benzene rings is 2. The molecule has 0 aromatic heterocycles. The SMILES string of the molecule is CCC[C@H](NC(=O)NCc1ccc(C#N)cc1)C(=O)NC(CC)C(=O)C(=O)NCc1cc(OC)cc(OC)c1. The Morgan fingerprint density at radius 2 is 1.46 bits per heavy atom. The molecule has 0 aliphatic rings. The molecule has 0 saturated carbocycles. The van der Waals surface area contributed by atoms with Crippen LogP contribution in [0.2, 0.25) is 0 Å². The highest BCUT2D eigenvalue weighted by molar-refractivity contribution is 6.38. The molecule has 4 amide bonds. The molecule has 2 aromatic rings. The Labute approximate surface area is 228 Å². The van der Waals surface area contributed by atoms with Crippen LogP contribution in [0, 0.1) is 11.3 Å². The normalized spacial score (nSPS) is 11.8. The van der Waals surface area contributed by atoms with Crippen molar-refractivity contribution in [1.29, 1.82) is 5.26 Å². The number of nitrogens with zero attached hydrogens (tertiary/aromatic N) is 1. The molecule has 0 aliphatic carbocycles. The molecule has 2 atom stereocenters. The third-order valence-electron chi connectivity index (χ3n) is 5.86. The van der Waals surface area contributed by atoms with Crippen molar-refractivity contribution in [3.63, 3.8) is 0 Å². The van der Waals surface area contributed by atoms with Crippen molar-refractivity contribution >= 4 is 23.6 Å². The Bertz CT molecular complexity index is 1170. The average molecular weight is 538 g/mol. The van der Waals surface area contributed by atoms with Gasteiger partial charge in [-0.05, 0) is 48.2 Å². The molecule has 1 unspecified atom stereocenters. The summed E-state index contributed by atoms with van der Waals surface area (Å²) in [5.41, 5.74) is 1.97. The molecule has 4 N–H and O–H groups in total. The van der Waals surface area contributed by atoms with Crippen LogP contribution < -0.4 is 30.7 Å². The molecular formula is C28H35N5O6. The molecule has 11 heteroatoms. The summed E-state index contributed by atoms with van der Waals surface area (Å²) in [6.07, 6.45) is 1.13. The van der Waals surface area contributed by atoms with E-state index in [0.29, 0.717) is 35.5 Å². The van der Waals surface area contributed by atoms with Crippen LogP contribution in [0.25, 0.3) is 0 Å². The Morgan fingerprint density at radius 1 is 0.846 bits per heavy atom. The third-order valence-corrected chi connectivity index (χ3v) is 5.86. The predicted octanol–water partition coefficient (Wildman–Crippen LogP) is 2.32. The molecule has 2 aromatic carbocycles. The maximum atomic E-state index is 12.9. The lowest BCUT2D eigenvalue weighted by molar-refractivity contribution is -0.140. The van der Waals surface area contributed by atoms with Crippen molar-refractivity contribution in [1.82, 2.24) is 21.3 Å². The number of Topliss-reactive ketones (excluding diaryl/α,β-unsaturated/α-hetero) is 1. The molecule has 0 spiro atoms. The number of urea groups is 1. The number of carbonyl (C=O) groups is 4. The molecule has 11 nitrogen and oxygen atoms in total. The number of carbonyl (C=O) groups excluding carboxylic acids is 4. The highest BCUT2D eigenvalue weighted by atomic mass is 16.5. The largest absolute Gasteiger partial charge is 0.497 e. The molecule has 2 rings (SSSR count). The Balaban J connectivity index is 1.94. The van der Waals surface area contributed by atoms with Gasteiger partial charge in [-0.25, -0.2) is 4.79 Å². The minimum absolute atomic E-state index is 0.0575. The van der Waals surface area contributed by atoms with Gasteiger partial charge in [0.05, 0.1) is 31.9 Å². The van der Waals surface area contributed by atoms with Gasteiger partial charge in [-0.2, -0.15) is 5.26 Å². The molecular weight excluding hydrogens is 502 g/mol. The summed E-state index contributed by atoms with van der Waals surface area (Å²) in [6.45, 7) is 3.80. The zero-order valence-corrected chi connectivity index (χ0v) is 22.6. The van der Waals surface area contributed by atoms with Crippen molar-refractivity contribution in [2.24, 2.45) is 0 Å². The zero-order chi connectivity index (χ0) is 28.8. The first-order valence-corrected chi connectivity index (χ1v) is 12.6. The summed E-state index contributed by atoms with van der Waals surface area (Å²) in [5.74, 6) is -1.11. The maximum absolute atomic E-state index is 12.9. The monoisotopic (exact) mass is 537 g/mol. The van der Waals surface area contributed by atoms with Crippen molar-refractivity contribution in [3.05, 3.63) is 59.2 Å². The van der Waals surface area contributed by atoms with Crippen molar-refractivity contribution in [2.45, 2.75) is 58.3 Å². The second-order valence-electron chi connectivity index (χ2n) is 8.71. The van der Waals surface area contributed by atoms with E-state index in [1.807, 2.05) is 13.0 Å². The number of rotatable bonds is 14. The molecule has 0 fully saturated rings. The van der Waals surface area contributed by atoms with E-state index in [2.05, 4.69) is 21.3 Å². The number of methoxy groups -OCH3 is 2. The second-order valence-corrected chi connectivity index (χ2v) is 8.71. The fourth-order valence-electron chi connectivity index (χ4n) is 3.67. The number of ketones is 1. The smallest absolute Gasteiger partial charge is 0.315 e. The lowest BCUT2D eigenvalue weighted by Crippen LogP contribution is -2.54. The van der Waals surface area contributed by atoms with E-state index < -0.39 is 35.7 Å². The zero-order valence-electron chi connectivity index (χ0n) is 22.6. The first-order chi connectivity index (χ1) is 18.7. The van der Waals surface area contributed by atoms with Gasteiger partial charge in [0.2, 0.25) is 11.7 Å². The number of nitrogens with one attached hydrogen (secondary N) is 4. The van der Waals surface area contributed by atoms with E-state index in [0.717, 1.165) is 5.56 Å². The Hall–Kier alpha value is -4.59. The highest BCUT2D eigenvalue weighted by Crippen LogP contribution is 2.22. The van der Waals surface area contributed by atoms with Crippen LogP contribution in [0.15, 0.2) is 42.5 Å². The van der Waals surface area contributed by atoms with Crippen LogP contribution in [0.5, 0.6) is 11.5 Å². The maximum Gasteiger partial charge on any atom is 0.315 e. The summed E-state index contributed by atoms with van der Waals surface area (Å²) < 4.78 is 10.4. The van der Waals surface area contributed by atoms with Crippen LogP contribution in [-0.4, -0.2) is 49.9 Å². The fourth-order valence-corrected chi connectivity index (χ4v) is 3.67. The summed E-state index contributed by atoms with van der Waals surface area (Å²) in [6, 6.07) is 11.4. The molecule has 39 heavy (non-hydrogen) atoms. The molecule has 208 valence electrons. The van der Waals surface area contributed by atoms with E-state index in [-0.39, 0.29) is 19.5 Å². The number of amides is 4. The predicted molar refractivity (Wildman–Crippen MR) is 144 cm³/mol. The fraction of sp³-hybridized carbons (Fsp3) is 0.393. The van der Waals surface area contributed by atoms with Crippen LogP contribution >= 0.6 is 0 Å². The highest BCUT2D eigenvalue weighted by Gasteiger charge is 2.28. The average Bonchev–Trinajstić information content (AvgIpc) is 2.96. The molecule has 0 heterocycles. The summed E-state index contributed by atoms with van der Waals surface area (Å²) >= 11 is 0. The van der Waals surface area contributed by atoms with Gasteiger partial charge in [0.1, 0.15) is 17.5 Å². The van der Waals surface area contributed by atoms with E-state index in [4.69, 9.17) is 14.7 Å². The van der Waals surface area contributed by atoms with Crippen molar-refractivity contribution in [2.75, 3.05) is 14.2 Å². The van der Waals surface area contributed by atoms with Crippen LogP contribution in [0.3, 0.4) is 0 Å². The standard InChI is InChI=1S/C28H35N5O6/c1-5-7-24(33-28(37)31-16-19-10-8-18(15-29)9-11-19)26(35)32-23(6-2)25(34)27(36)30-17-20-12-21(38-3)14-22(13-20)39-4/h8-14,23-24H,5-7,16-17H2,1-4H3,(H,30,36)(H,32,35)(H2,31,33,37)/t23?,24-/m0/s1. The van der Waals surface area contributed by atoms with Gasteiger partial charge in [-0.15, -0.1) is 0 Å². The summed E-state index contributed by atoms with van der Waals surface area (Å²) in [7, 11) is 3.02. The second kappa shape index (κ2) is 15.6. The third kappa shape index (κ3) is 9.66. The Morgan fingerprint density at radius 3 is 2.00 bits per heavy atom. The van der Waals surface area contributed by atoms with Gasteiger partial charge >= 0.3 is 6.03 Å². The lowest BCUT2D eigenvalue weighted by Gasteiger charge is -2.22. The molecule has 0 saturated heterocycles. The summed E-state index contributed by atoms with van der Waals surface area (Å²) in [5, 5.41) is 19.3. The lowest BCUT2D eigenvalue weighted by atomic mass is 10.1. The minimum atomic E-state index is -1.06. The molecule has 0 bridgehead atoms. The Kier molecular flexibility index (Phi) is 12.3. The van der Waals surface area contributed by atoms with Gasteiger partial charge < -0.3 is 30.7 Å². The minimum Gasteiger partial charge on any atom is -0.497 e. The van der Waals surface area contributed by atoms with Gasteiger partial charge in [0.25, 0.3) is 5.91 Å². The van der Waals surface area contributed by atoms with Crippen molar-refractivity contribution < 1.29 is 28.7 Å². The van der Waals surface area contributed by atoms with Gasteiger partial charge in [0.15, 0.2) is 0 Å². The first kappa shape index (κ1) is 30.6. The number of hydrogen-bond donors (Lipinski definition) is 4. The molecule has 0 aliphatic heterocycles. The van der Waals surface area contributed by atoms with E-state index in [9.17, 15) is 19.2 Å². The van der Waals surface area contributed by atoms with Crippen LogP contribution in [-0.2, 0) is 27.5 Å². The van der Waals surface area contributed by atoms with Crippen molar-refractivity contribution in [3.8, 4) is 17.6 Å². The van der Waals surface area contributed by atoms with E-state index >= 15 is 0 Å². The van der Waals surface area contributed by atoms with Gasteiger partial charge in [-0.1, -0.05) is 32.4 Å². The van der Waals surface area contributed by atoms with Crippen LogP contribution in [0.4, 0.5) is 4.79 Å². The first-order valence-electron chi connectivity index (χ1n) is 12.6. The number of hydrogen-bond acceptors (Lipinski definition) is 7.